The Labute approximate surface area is 273 Å². The van der Waals surface area contributed by atoms with Gasteiger partial charge >= 0.3 is 0 Å². The van der Waals surface area contributed by atoms with E-state index in [1.807, 2.05) is 6.92 Å². The Morgan fingerprint density at radius 2 is 1.78 bits per heavy atom. The van der Waals surface area contributed by atoms with E-state index in [2.05, 4.69) is 15.6 Å². The second-order valence-electron chi connectivity index (χ2n) is 11.4. The molecule has 1 aliphatic heterocycles. The summed E-state index contributed by atoms with van der Waals surface area (Å²) in [5.41, 5.74) is 8.06. The van der Waals surface area contributed by atoms with E-state index in [1.54, 1.807) is 71.0 Å². The summed E-state index contributed by atoms with van der Waals surface area (Å²) in [6.07, 6.45) is 3.54. The molecule has 1 amide bonds. The van der Waals surface area contributed by atoms with Crippen LogP contribution in [0.1, 0.15) is 42.4 Å². The number of pyridine rings is 1. The normalized spacial score (nSPS) is 18.5. The summed E-state index contributed by atoms with van der Waals surface area (Å²) in [6.45, 7) is 2.84. The molecule has 1 aliphatic rings. The summed E-state index contributed by atoms with van der Waals surface area (Å²) in [7, 11) is -3.75. The van der Waals surface area contributed by atoms with Gasteiger partial charge in [0, 0.05) is 41.7 Å². The van der Waals surface area contributed by atoms with Crippen LogP contribution in [-0.2, 0) is 21.2 Å². The number of nitrogens with one attached hydrogen (secondary N) is 2. The highest BCUT2D eigenvalue weighted by molar-refractivity contribution is 7.89. The Kier molecular flexibility index (Phi) is 10.8. The maximum absolute atomic E-state index is 15.2. The standard InChI is InChI=1S/C34H36ClF2N5O3S/c1-22-18-39-19-27(42(22)46(44,45)28-10-3-2-4-11-28)9-6-12-29-30(37)20-40-21-31(29)41-34(43)33(38)32(23-13-15-25(35)16-14-23)24-7-5-8-26(36)17-24/h2-5,7-8,10-11,13-17,20-22,27,32-33,39H,6,9,12,18-19,38H2,1H3,(H,41,43)/t22-,27-,32-,33-/m0/s1. The number of aromatic nitrogens is 1. The van der Waals surface area contributed by atoms with Gasteiger partial charge in [0.25, 0.3) is 0 Å². The predicted octanol–water partition coefficient (Wildman–Crippen LogP) is 5.49. The number of anilines is 1. The zero-order valence-corrected chi connectivity index (χ0v) is 26.8. The van der Waals surface area contributed by atoms with Gasteiger partial charge in [0.05, 0.1) is 29.0 Å². The van der Waals surface area contributed by atoms with Crippen molar-refractivity contribution in [3.63, 3.8) is 0 Å². The lowest BCUT2D eigenvalue weighted by atomic mass is 9.85. The van der Waals surface area contributed by atoms with Gasteiger partial charge < -0.3 is 16.4 Å². The fourth-order valence-corrected chi connectivity index (χ4v) is 8.05. The van der Waals surface area contributed by atoms with Crippen LogP contribution < -0.4 is 16.4 Å². The SMILES string of the molecule is C[C@H]1CNC[C@H](CCCc2c(F)cncc2NC(=O)[C@@H](N)[C@@H](c2ccc(Cl)cc2)c2cccc(F)c2)N1S(=O)(=O)c1ccccc1. The third-order valence-corrected chi connectivity index (χ3v) is 10.6. The van der Waals surface area contributed by atoms with E-state index in [0.717, 1.165) is 6.20 Å². The van der Waals surface area contributed by atoms with E-state index in [1.165, 1.54) is 18.3 Å². The monoisotopic (exact) mass is 667 g/mol. The van der Waals surface area contributed by atoms with Crippen molar-refractivity contribution in [2.24, 2.45) is 5.73 Å². The molecule has 1 aromatic heterocycles. The van der Waals surface area contributed by atoms with Gasteiger partial charge in [-0.25, -0.2) is 17.2 Å². The molecule has 12 heteroatoms. The molecule has 4 aromatic rings. The highest BCUT2D eigenvalue weighted by Gasteiger charge is 2.37. The van der Waals surface area contributed by atoms with E-state index >= 15 is 4.39 Å². The smallest absolute Gasteiger partial charge is 0.243 e. The van der Waals surface area contributed by atoms with Crippen molar-refractivity contribution in [1.82, 2.24) is 14.6 Å². The Morgan fingerprint density at radius 1 is 1.04 bits per heavy atom. The van der Waals surface area contributed by atoms with Crippen LogP contribution in [0.2, 0.25) is 5.02 Å². The van der Waals surface area contributed by atoms with Crippen LogP contribution in [0.15, 0.2) is 96.2 Å². The summed E-state index contributed by atoms with van der Waals surface area (Å²) in [5, 5.41) is 6.54. The molecule has 3 aromatic carbocycles. The molecule has 242 valence electrons. The van der Waals surface area contributed by atoms with Gasteiger partial charge in [-0.05, 0) is 73.7 Å². The first-order valence-electron chi connectivity index (χ1n) is 15.1. The zero-order chi connectivity index (χ0) is 32.8. The van der Waals surface area contributed by atoms with Gasteiger partial charge in [-0.15, -0.1) is 0 Å². The number of carbonyl (C=O) groups is 1. The second-order valence-corrected chi connectivity index (χ2v) is 13.7. The number of nitrogens with zero attached hydrogens (tertiary/aromatic N) is 2. The Balaban J connectivity index is 1.33. The first kappa shape index (κ1) is 33.6. The van der Waals surface area contributed by atoms with Gasteiger partial charge in [-0.3, -0.25) is 9.78 Å². The summed E-state index contributed by atoms with van der Waals surface area (Å²) >= 11 is 6.08. The molecule has 0 spiro atoms. The van der Waals surface area contributed by atoms with Crippen LogP contribution in [0.3, 0.4) is 0 Å². The lowest BCUT2D eigenvalue weighted by molar-refractivity contribution is -0.117. The molecule has 0 bridgehead atoms. The number of rotatable bonds is 11. The fourth-order valence-electron chi connectivity index (χ4n) is 6.06. The van der Waals surface area contributed by atoms with Gasteiger partial charge in [0.15, 0.2) is 0 Å². The number of sulfonamides is 1. The molecule has 0 saturated carbocycles. The molecular weight excluding hydrogens is 632 g/mol. The molecular formula is C34H36ClF2N5O3S. The molecule has 8 nitrogen and oxygen atoms in total. The maximum atomic E-state index is 15.2. The van der Waals surface area contributed by atoms with Crippen LogP contribution in [0.4, 0.5) is 14.5 Å². The quantitative estimate of drug-likeness (QED) is 0.195. The van der Waals surface area contributed by atoms with Crippen molar-refractivity contribution in [3.05, 3.63) is 125 Å². The number of nitrogens with two attached hydrogens (primary N) is 1. The minimum atomic E-state index is -3.75. The molecule has 2 heterocycles. The third-order valence-electron chi connectivity index (χ3n) is 8.26. The van der Waals surface area contributed by atoms with E-state index in [4.69, 9.17) is 17.3 Å². The topological polar surface area (TPSA) is 117 Å². The third kappa shape index (κ3) is 7.62. The number of halogens is 3. The molecule has 1 fully saturated rings. The highest BCUT2D eigenvalue weighted by atomic mass is 35.5. The maximum Gasteiger partial charge on any atom is 0.243 e. The molecule has 1 saturated heterocycles. The van der Waals surface area contributed by atoms with Gasteiger partial charge in [-0.2, -0.15) is 4.31 Å². The number of carbonyl (C=O) groups excluding carboxylic acids is 1. The summed E-state index contributed by atoms with van der Waals surface area (Å²) < 4.78 is 58.1. The summed E-state index contributed by atoms with van der Waals surface area (Å²) in [4.78, 5) is 17.7. The largest absolute Gasteiger partial charge is 0.323 e. The second kappa shape index (κ2) is 14.8. The molecule has 0 unspecified atom stereocenters. The van der Waals surface area contributed by atoms with E-state index in [0.29, 0.717) is 42.1 Å². The number of hydrogen-bond donors (Lipinski definition) is 3. The van der Waals surface area contributed by atoms with Gasteiger partial charge in [0.2, 0.25) is 15.9 Å². The van der Waals surface area contributed by atoms with Crippen LogP contribution in [0.25, 0.3) is 0 Å². The molecule has 0 aliphatic carbocycles. The van der Waals surface area contributed by atoms with E-state index in [9.17, 15) is 17.6 Å². The average Bonchev–Trinajstić information content (AvgIpc) is 3.03. The van der Waals surface area contributed by atoms with Crippen molar-refractivity contribution < 1.29 is 22.0 Å². The van der Waals surface area contributed by atoms with E-state index in [-0.39, 0.29) is 34.7 Å². The van der Waals surface area contributed by atoms with Crippen molar-refractivity contribution >= 4 is 33.2 Å². The zero-order valence-electron chi connectivity index (χ0n) is 25.2. The fraction of sp³-hybridized carbons (Fsp3) is 0.294. The Morgan fingerprint density at radius 3 is 2.50 bits per heavy atom. The van der Waals surface area contributed by atoms with Crippen molar-refractivity contribution in [2.45, 2.75) is 55.1 Å². The first-order valence-corrected chi connectivity index (χ1v) is 16.9. The van der Waals surface area contributed by atoms with Crippen LogP contribution in [0, 0.1) is 11.6 Å². The number of amides is 1. The number of hydrogen-bond acceptors (Lipinski definition) is 6. The summed E-state index contributed by atoms with van der Waals surface area (Å²) in [5.74, 6) is -2.41. The molecule has 4 N–H and O–H groups in total. The molecule has 0 radical (unpaired) electrons. The Hall–Kier alpha value is -3.74. The molecule has 46 heavy (non-hydrogen) atoms. The molecule has 4 atom stereocenters. The van der Waals surface area contributed by atoms with Crippen molar-refractivity contribution in [2.75, 3.05) is 18.4 Å². The van der Waals surface area contributed by atoms with Gasteiger partial charge in [-0.1, -0.05) is 54.1 Å². The highest BCUT2D eigenvalue weighted by Crippen LogP contribution is 2.31. The van der Waals surface area contributed by atoms with Crippen molar-refractivity contribution in [3.8, 4) is 0 Å². The lowest BCUT2D eigenvalue weighted by Crippen LogP contribution is -2.58. The number of piperazine rings is 1. The lowest BCUT2D eigenvalue weighted by Gasteiger charge is -2.40. The molecule has 5 rings (SSSR count). The Bertz CT molecular complexity index is 1760. The minimum absolute atomic E-state index is 0.165. The van der Waals surface area contributed by atoms with Crippen LogP contribution in [0.5, 0.6) is 0 Å². The van der Waals surface area contributed by atoms with Crippen LogP contribution >= 0.6 is 11.6 Å². The van der Waals surface area contributed by atoms with E-state index < -0.39 is 39.5 Å². The van der Waals surface area contributed by atoms with Crippen molar-refractivity contribution in [1.29, 1.82) is 0 Å². The summed E-state index contributed by atoms with van der Waals surface area (Å²) in [6, 6.07) is 19.2. The van der Waals surface area contributed by atoms with Crippen LogP contribution in [-0.4, -0.2) is 54.8 Å². The average molecular weight is 668 g/mol. The predicted molar refractivity (Wildman–Crippen MR) is 175 cm³/mol. The van der Waals surface area contributed by atoms with Gasteiger partial charge in [0.1, 0.15) is 11.6 Å². The first-order chi connectivity index (χ1) is 22.1. The minimum Gasteiger partial charge on any atom is -0.323 e. The number of benzene rings is 3.